The summed E-state index contributed by atoms with van der Waals surface area (Å²) in [6, 6.07) is 10.4. The van der Waals surface area contributed by atoms with Crippen LogP contribution in [-0.4, -0.2) is 21.4 Å². The minimum atomic E-state index is -0.412. The molecule has 1 aliphatic heterocycles. The lowest BCUT2D eigenvalue weighted by Crippen LogP contribution is -2.15. The molecule has 6 nitrogen and oxygen atoms in total. The fourth-order valence-electron chi connectivity index (χ4n) is 2.93. The molecule has 1 aromatic heterocycles. The largest absolute Gasteiger partial charge is 0.325 e. The molecule has 1 aliphatic rings. The van der Waals surface area contributed by atoms with E-state index in [1.807, 2.05) is 23.1 Å². The number of aromatic nitrogens is 2. The molecule has 4 rings (SSSR count). The van der Waals surface area contributed by atoms with E-state index in [1.165, 1.54) is 24.0 Å². The summed E-state index contributed by atoms with van der Waals surface area (Å²) in [5, 5.41) is 12.4. The Hall–Kier alpha value is -2.73. The monoisotopic (exact) mass is 326 g/mol. The molecule has 7 heteroatoms. The standard InChI is InChI=1S/C16H11ClN4O2/c17-11-2-1-10-5-6-20(15(10)7-11)16-13-8-12(21(22)23)3-4-14(13)18-9-19-16/h1-4,7-9H,5-6H2. The van der Waals surface area contributed by atoms with Crippen LogP contribution in [0.1, 0.15) is 5.56 Å². The Morgan fingerprint density at radius 2 is 2.04 bits per heavy atom. The first kappa shape index (κ1) is 13.9. The average molecular weight is 327 g/mol. The van der Waals surface area contributed by atoms with Crippen LogP contribution in [0.4, 0.5) is 17.2 Å². The number of non-ortho nitro benzene ring substituents is 1. The first-order chi connectivity index (χ1) is 11.1. The van der Waals surface area contributed by atoms with Crippen LogP contribution in [-0.2, 0) is 6.42 Å². The van der Waals surface area contributed by atoms with Crippen molar-refractivity contribution < 1.29 is 4.92 Å². The van der Waals surface area contributed by atoms with E-state index in [2.05, 4.69) is 9.97 Å². The number of nitro groups is 1. The smallest absolute Gasteiger partial charge is 0.270 e. The minimum Gasteiger partial charge on any atom is -0.325 e. The van der Waals surface area contributed by atoms with Gasteiger partial charge in [-0.05, 0) is 30.2 Å². The Labute approximate surface area is 136 Å². The van der Waals surface area contributed by atoms with E-state index in [9.17, 15) is 10.1 Å². The summed E-state index contributed by atoms with van der Waals surface area (Å²) in [7, 11) is 0. The lowest BCUT2D eigenvalue weighted by Gasteiger charge is -2.19. The highest BCUT2D eigenvalue weighted by Gasteiger charge is 2.24. The molecule has 0 atom stereocenters. The van der Waals surface area contributed by atoms with Crippen LogP contribution in [0.25, 0.3) is 10.9 Å². The fourth-order valence-corrected chi connectivity index (χ4v) is 3.10. The second-order valence-corrected chi connectivity index (χ2v) is 5.77. The zero-order chi connectivity index (χ0) is 16.0. The van der Waals surface area contributed by atoms with E-state index in [4.69, 9.17) is 11.6 Å². The highest BCUT2D eigenvalue weighted by molar-refractivity contribution is 6.31. The third kappa shape index (κ3) is 2.27. The van der Waals surface area contributed by atoms with Crippen LogP contribution >= 0.6 is 11.6 Å². The van der Waals surface area contributed by atoms with Crippen molar-refractivity contribution in [2.45, 2.75) is 6.42 Å². The van der Waals surface area contributed by atoms with Gasteiger partial charge in [0.25, 0.3) is 5.69 Å². The number of anilines is 2. The second kappa shape index (κ2) is 5.17. The van der Waals surface area contributed by atoms with Crippen molar-refractivity contribution in [3.8, 4) is 0 Å². The molecule has 3 aromatic rings. The van der Waals surface area contributed by atoms with Crippen molar-refractivity contribution in [3.63, 3.8) is 0 Å². The number of fused-ring (bicyclic) bond motifs is 2. The Morgan fingerprint density at radius 3 is 2.87 bits per heavy atom. The van der Waals surface area contributed by atoms with E-state index in [-0.39, 0.29) is 5.69 Å². The van der Waals surface area contributed by atoms with Gasteiger partial charge >= 0.3 is 0 Å². The molecule has 2 heterocycles. The number of nitrogens with zero attached hydrogens (tertiary/aromatic N) is 4. The SMILES string of the molecule is O=[N+]([O-])c1ccc2ncnc(N3CCc4ccc(Cl)cc43)c2c1. The van der Waals surface area contributed by atoms with Crippen molar-refractivity contribution in [3.05, 3.63) is 63.4 Å². The maximum absolute atomic E-state index is 11.1. The quantitative estimate of drug-likeness (QED) is 0.527. The molecule has 23 heavy (non-hydrogen) atoms. The predicted molar refractivity (Wildman–Crippen MR) is 88.4 cm³/mol. The first-order valence-electron chi connectivity index (χ1n) is 7.08. The highest BCUT2D eigenvalue weighted by atomic mass is 35.5. The van der Waals surface area contributed by atoms with Gasteiger partial charge in [0, 0.05) is 29.4 Å². The maximum Gasteiger partial charge on any atom is 0.270 e. The number of rotatable bonds is 2. The fraction of sp³-hybridized carbons (Fsp3) is 0.125. The molecule has 2 aromatic carbocycles. The third-order valence-electron chi connectivity index (χ3n) is 4.01. The van der Waals surface area contributed by atoms with Gasteiger partial charge in [-0.2, -0.15) is 0 Å². The predicted octanol–water partition coefficient (Wildman–Crippen LogP) is 3.89. The summed E-state index contributed by atoms with van der Waals surface area (Å²) in [6.07, 6.45) is 2.36. The van der Waals surface area contributed by atoms with Gasteiger partial charge in [-0.25, -0.2) is 9.97 Å². The molecular weight excluding hydrogens is 316 g/mol. The van der Waals surface area contributed by atoms with Crippen LogP contribution in [0.15, 0.2) is 42.7 Å². The molecule has 0 saturated heterocycles. The van der Waals surface area contributed by atoms with Crippen LogP contribution in [0.3, 0.4) is 0 Å². The molecule has 0 fully saturated rings. The Morgan fingerprint density at radius 1 is 1.17 bits per heavy atom. The van der Waals surface area contributed by atoms with Crippen molar-refractivity contribution >= 4 is 39.7 Å². The average Bonchev–Trinajstić information content (AvgIpc) is 2.96. The molecule has 0 spiro atoms. The lowest BCUT2D eigenvalue weighted by molar-refractivity contribution is -0.384. The van der Waals surface area contributed by atoms with Crippen molar-refractivity contribution in [2.24, 2.45) is 0 Å². The molecule has 114 valence electrons. The summed E-state index contributed by atoms with van der Waals surface area (Å²) in [4.78, 5) is 21.2. The third-order valence-corrected chi connectivity index (χ3v) is 4.24. The number of hydrogen-bond acceptors (Lipinski definition) is 5. The minimum absolute atomic E-state index is 0.0269. The molecule has 0 N–H and O–H groups in total. The summed E-state index contributed by atoms with van der Waals surface area (Å²) < 4.78 is 0. The first-order valence-corrected chi connectivity index (χ1v) is 7.46. The molecule has 0 radical (unpaired) electrons. The number of halogens is 1. The number of benzene rings is 2. The van der Waals surface area contributed by atoms with E-state index < -0.39 is 4.92 Å². The lowest BCUT2D eigenvalue weighted by atomic mass is 10.1. The zero-order valence-electron chi connectivity index (χ0n) is 11.9. The molecule has 0 aliphatic carbocycles. The van der Waals surface area contributed by atoms with Gasteiger partial charge in [0.15, 0.2) is 0 Å². The van der Waals surface area contributed by atoms with Gasteiger partial charge in [-0.3, -0.25) is 10.1 Å². The Balaban J connectivity index is 1.92. The molecule has 0 saturated carbocycles. The highest BCUT2D eigenvalue weighted by Crippen LogP contribution is 2.38. The van der Waals surface area contributed by atoms with Crippen LogP contribution in [0.2, 0.25) is 5.02 Å². The van der Waals surface area contributed by atoms with Gasteiger partial charge in [0.2, 0.25) is 0 Å². The zero-order valence-corrected chi connectivity index (χ0v) is 12.7. The normalized spacial score (nSPS) is 13.3. The number of hydrogen-bond donors (Lipinski definition) is 0. The van der Waals surface area contributed by atoms with E-state index in [0.29, 0.717) is 21.7 Å². The van der Waals surface area contributed by atoms with E-state index in [0.717, 1.165) is 18.7 Å². The van der Waals surface area contributed by atoms with Crippen molar-refractivity contribution in [2.75, 3.05) is 11.4 Å². The molecule has 0 unspecified atom stereocenters. The van der Waals surface area contributed by atoms with Gasteiger partial charge in [-0.1, -0.05) is 17.7 Å². The van der Waals surface area contributed by atoms with Gasteiger partial charge in [-0.15, -0.1) is 0 Å². The summed E-state index contributed by atoms with van der Waals surface area (Å²) in [6.45, 7) is 0.754. The van der Waals surface area contributed by atoms with Gasteiger partial charge in [0.05, 0.1) is 15.8 Å². The molecular formula is C16H11ClN4O2. The van der Waals surface area contributed by atoms with E-state index >= 15 is 0 Å². The van der Waals surface area contributed by atoms with Gasteiger partial charge in [0.1, 0.15) is 12.1 Å². The van der Waals surface area contributed by atoms with Crippen molar-refractivity contribution in [1.82, 2.24) is 9.97 Å². The summed E-state index contributed by atoms with van der Waals surface area (Å²) >= 11 is 6.11. The second-order valence-electron chi connectivity index (χ2n) is 5.33. The van der Waals surface area contributed by atoms with Gasteiger partial charge < -0.3 is 4.90 Å². The Kier molecular flexibility index (Phi) is 3.12. The Bertz CT molecular complexity index is 945. The van der Waals surface area contributed by atoms with Crippen LogP contribution in [0, 0.1) is 10.1 Å². The van der Waals surface area contributed by atoms with E-state index in [1.54, 1.807) is 6.07 Å². The summed E-state index contributed by atoms with van der Waals surface area (Å²) in [5.41, 5.74) is 2.88. The topological polar surface area (TPSA) is 72.2 Å². The van der Waals surface area contributed by atoms with Crippen molar-refractivity contribution in [1.29, 1.82) is 0 Å². The summed E-state index contributed by atoms with van der Waals surface area (Å²) in [5.74, 6) is 0.666. The molecule has 0 bridgehead atoms. The number of nitro benzene ring substituents is 1. The molecule has 0 amide bonds. The maximum atomic E-state index is 11.1. The van der Waals surface area contributed by atoms with Crippen LogP contribution < -0.4 is 4.90 Å². The van der Waals surface area contributed by atoms with Crippen LogP contribution in [0.5, 0.6) is 0 Å².